The van der Waals surface area contributed by atoms with Crippen LogP contribution in [0.15, 0.2) is 162 Å². The van der Waals surface area contributed by atoms with Crippen LogP contribution in [0.5, 0.6) is 0 Å². The summed E-state index contributed by atoms with van der Waals surface area (Å²) in [4.78, 5) is 178. The number of benzene rings is 8. The molecule has 32 heteroatoms. The zero-order valence-corrected chi connectivity index (χ0v) is 63.4. The lowest BCUT2D eigenvalue weighted by Gasteiger charge is -2.10. The lowest BCUT2D eigenvalue weighted by molar-refractivity contribution is 0.0581. The quantitative estimate of drug-likeness (QED) is 0.0149. The predicted octanol–water partition coefficient (Wildman–Crippen LogP) is 9.75. The number of aliphatic hydroxyl groups is 3. The van der Waals surface area contributed by atoms with Gasteiger partial charge >= 0.3 is 71.6 Å². The molecule has 0 unspecified atom stereocenters. The van der Waals surface area contributed by atoms with Crippen LogP contribution in [0, 0.1) is 0 Å². The van der Waals surface area contributed by atoms with Crippen LogP contribution in [-0.4, -0.2) is 209 Å². The van der Waals surface area contributed by atoms with E-state index in [9.17, 15) is 71.9 Å². The van der Waals surface area contributed by atoms with Crippen LogP contribution in [0.25, 0.3) is 23.3 Å². The van der Waals surface area contributed by atoms with Gasteiger partial charge in [0, 0.05) is 16.7 Å². The number of azo groups is 1. The Balaban J connectivity index is 0.000000272. The number of carbonyl (C=O) groups is 15. The Bertz CT molecular complexity index is 4400. The zero-order valence-electron chi connectivity index (χ0n) is 63.4. The molecule has 8 aromatic rings. The van der Waals surface area contributed by atoms with Crippen LogP contribution in [0.3, 0.4) is 0 Å². The van der Waals surface area contributed by atoms with E-state index in [2.05, 4.69) is 29.2 Å². The van der Waals surface area contributed by atoms with Crippen LogP contribution in [0.2, 0.25) is 0 Å². The summed E-state index contributed by atoms with van der Waals surface area (Å²) in [6, 6.07) is 36.9. The van der Waals surface area contributed by atoms with E-state index in [1.165, 1.54) is 176 Å². The van der Waals surface area contributed by atoms with Crippen LogP contribution in [-0.2, 0) is 69.7 Å². The Morgan fingerprint density at radius 3 is 0.693 bits per heavy atom. The van der Waals surface area contributed by atoms with Gasteiger partial charge < -0.3 is 72.2 Å². The monoisotopic (exact) mass is 1570 g/mol. The van der Waals surface area contributed by atoms with Gasteiger partial charge in [-0.05, 0) is 186 Å². The SMILES string of the molecule is COC(=O)c1cc(/C=C/c2cc(C(=O)OC)cc(C(=O)OC)c2)cc(C(=O)CO)c1.COC(=O)c1cc(CCc2cc(C(=O)OC)cc(C(=O)OC)c2)cc(C(=O)CO)c1.COC(=O)c1cc(N=Nc2cc(C(=O)OC)cc(C(=O)OC)c2)cc(C(=O)CO)c1.COC(=O)c1ccc(-c2cc(C(=O)OC)cc(C(=O)OC)c2)cc1. The molecule has 0 saturated carbocycles. The van der Waals surface area contributed by atoms with E-state index in [4.69, 9.17) is 53.2 Å². The minimum Gasteiger partial charge on any atom is -0.465 e. The summed E-state index contributed by atoms with van der Waals surface area (Å²) in [6.07, 6.45) is 3.95. The van der Waals surface area contributed by atoms with E-state index in [-0.39, 0.29) is 89.3 Å². The molecule has 8 rings (SSSR count). The minimum atomic E-state index is -0.759. The maximum absolute atomic E-state index is 11.9. The van der Waals surface area contributed by atoms with E-state index < -0.39 is 109 Å². The fraction of sp³-hybridized carbons (Fsp3) is 0.207. The first-order chi connectivity index (χ1) is 54.5. The Labute approximate surface area is 650 Å². The molecule has 0 aromatic heterocycles. The van der Waals surface area contributed by atoms with E-state index in [0.717, 1.165) is 5.56 Å². The fourth-order valence-electron chi connectivity index (χ4n) is 10.2. The second kappa shape index (κ2) is 44.3. The lowest BCUT2D eigenvalue weighted by Crippen LogP contribution is -2.10. The lowest BCUT2D eigenvalue weighted by atomic mass is 9.96. The first-order valence-electron chi connectivity index (χ1n) is 33.1. The molecule has 0 spiro atoms. The molecular formula is C82H76N2O30. The van der Waals surface area contributed by atoms with E-state index in [1.54, 1.807) is 72.8 Å². The highest BCUT2D eigenvalue weighted by Crippen LogP contribution is 2.28. The number of carbonyl (C=O) groups excluding carboxylic acids is 15. The van der Waals surface area contributed by atoms with Crippen molar-refractivity contribution in [3.63, 3.8) is 0 Å². The summed E-state index contributed by atoms with van der Waals surface area (Å²) in [7, 11) is 14.8. The molecule has 3 N–H and O–H groups in total. The van der Waals surface area contributed by atoms with Crippen molar-refractivity contribution in [2.45, 2.75) is 12.8 Å². The average Bonchev–Trinajstić information content (AvgIpc) is 0.799. The van der Waals surface area contributed by atoms with Crippen molar-refractivity contribution in [2.24, 2.45) is 10.2 Å². The molecule has 0 aliphatic heterocycles. The molecule has 0 aliphatic rings. The molecule has 0 saturated heterocycles. The molecule has 0 atom stereocenters. The van der Waals surface area contributed by atoms with Crippen molar-refractivity contribution in [1.82, 2.24) is 0 Å². The molecule has 8 aromatic carbocycles. The van der Waals surface area contributed by atoms with Gasteiger partial charge in [0.25, 0.3) is 0 Å². The molecule has 0 heterocycles. The minimum absolute atomic E-state index is 0.0318. The highest BCUT2D eigenvalue weighted by molar-refractivity contribution is 6.05. The van der Waals surface area contributed by atoms with Gasteiger partial charge in [-0.2, -0.15) is 10.2 Å². The number of Topliss-reactive ketones (excluding diaryl/α,β-unsaturated/α-hetero) is 3. The van der Waals surface area contributed by atoms with Crippen LogP contribution in [0.4, 0.5) is 11.4 Å². The van der Waals surface area contributed by atoms with Crippen molar-refractivity contribution < 1.29 is 144 Å². The summed E-state index contributed by atoms with van der Waals surface area (Å²) in [5, 5.41) is 35.3. The Morgan fingerprint density at radius 2 is 0.430 bits per heavy atom. The number of aliphatic hydroxyl groups excluding tert-OH is 3. The molecule has 0 aliphatic carbocycles. The number of hydrogen-bond acceptors (Lipinski definition) is 32. The third-order valence-corrected chi connectivity index (χ3v) is 15.8. The number of ketones is 3. The molecular weight excluding hydrogens is 1490 g/mol. The molecule has 594 valence electrons. The van der Waals surface area contributed by atoms with Crippen LogP contribution < -0.4 is 0 Å². The predicted molar refractivity (Wildman–Crippen MR) is 401 cm³/mol. The van der Waals surface area contributed by atoms with E-state index in [1.807, 2.05) is 0 Å². The number of esters is 12. The number of ether oxygens (including phenoxy) is 12. The Hall–Kier alpha value is -14.4. The first-order valence-corrected chi connectivity index (χ1v) is 33.1. The fourth-order valence-corrected chi connectivity index (χ4v) is 10.2. The smallest absolute Gasteiger partial charge is 0.337 e. The highest BCUT2D eigenvalue weighted by Gasteiger charge is 2.22. The summed E-state index contributed by atoms with van der Waals surface area (Å²) in [6.45, 7) is -2.16. The second-order valence-electron chi connectivity index (χ2n) is 23.1. The molecule has 0 bridgehead atoms. The molecule has 32 nitrogen and oxygen atoms in total. The van der Waals surface area contributed by atoms with Gasteiger partial charge in [-0.25, -0.2) is 57.5 Å². The maximum Gasteiger partial charge on any atom is 0.337 e. The van der Waals surface area contributed by atoms with Gasteiger partial charge in [0.15, 0.2) is 17.3 Å². The standard InChI is InChI=1S/C22H22O8.C22H20O8.C20H18N2O8.C18H16O6/c2*1-28-20(25)16-7-13(6-15(10-16)19(24)12-23)4-5-14-8-17(21(26)29-2)11-18(9-14)22(27)30-3;1-28-18(25)12-4-11(17(24)10-23)6-15(7-12)21-22-16-8-13(19(26)29-2)5-14(9-16)20(27)30-3;1-22-16(19)12-6-4-11(5-7-12)13-8-14(17(20)23-2)10-15(9-13)18(21)24-3/h6-11,23H,4-5,12H2,1-3H3;4-11,23H,12H2,1-3H3;4-9,23H,10H2,1-3H3;4-10H,1-3H3/b;5-4+;;. The van der Waals surface area contributed by atoms with Gasteiger partial charge in [0.05, 0.1) is 163 Å². The highest BCUT2D eigenvalue weighted by atomic mass is 16.6. The molecule has 0 fully saturated rings. The number of hydrogen-bond donors (Lipinski definition) is 3. The molecule has 0 amide bonds. The summed E-state index contributed by atoms with van der Waals surface area (Å²) < 4.78 is 56.3. The van der Waals surface area contributed by atoms with E-state index >= 15 is 0 Å². The van der Waals surface area contributed by atoms with Gasteiger partial charge in [-0.1, -0.05) is 24.3 Å². The Kier molecular flexibility index (Phi) is 35.1. The first kappa shape index (κ1) is 90.2. The molecule has 0 radical (unpaired) electrons. The van der Waals surface area contributed by atoms with Crippen molar-refractivity contribution in [2.75, 3.05) is 105 Å². The van der Waals surface area contributed by atoms with Crippen LogP contribution >= 0.6 is 0 Å². The van der Waals surface area contributed by atoms with Gasteiger partial charge in [-0.15, -0.1) is 0 Å². The van der Waals surface area contributed by atoms with E-state index in [0.29, 0.717) is 46.2 Å². The number of methoxy groups -OCH3 is 12. The van der Waals surface area contributed by atoms with Crippen molar-refractivity contribution in [1.29, 1.82) is 0 Å². The maximum atomic E-state index is 11.9. The third-order valence-electron chi connectivity index (χ3n) is 15.8. The normalized spacial score (nSPS) is 10.3. The third kappa shape index (κ3) is 25.6. The van der Waals surface area contributed by atoms with Gasteiger partial charge in [0.1, 0.15) is 19.8 Å². The average molecular weight is 1570 g/mol. The number of nitrogens with zero attached hydrogens (tertiary/aromatic N) is 2. The number of rotatable bonds is 26. The zero-order chi connectivity index (χ0) is 84.5. The van der Waals surface area contributed by atoms with Crippen LogP contribution in [0.1, 0.15) is 178 Å². The largest absolute Gasteiger partial charge is 0.465 e. The summed E-state index contributed by atoms with van der Waals surface area (Å²) in [5.74, 6) is -9.06. The van der Waals surface area contributed by atoms with Crippen molar-refractivity contribution in [3.05, 3.63) is 257 Å². The van der Waals surface area contributed by atoms with Gasteiger partial charge in [0.2, 0.25) is 0 Å². The summed E-state index contributed by atoms with van der Waals surface area (Å²) >= 11 is 0. The van der Waals surface area contributed by atoms with Crippen molar-refractivity contribution >= 4 is 113 Å². The van der Waals surface area contributed by atoms with Crippen molar-refractivity contribution in [3.8, 4) is 11.1 Å². The number of aryl methyl sites for hydroxylation is 2. The summed E-state index contributed by atoms with van der Waals surface area (Å²) in [5.41, 5.74) is 6.22. The topological polar surface area (TPSA) is 452 Å². The molecule has 114 heavy (non-hydrogen) atoms. The van der Waals surface area contributed by atoms with Gasteiger partial charge in [-0.3, -0.25) is 14.4 Å². The Morgan fingerprint density at radius 1 is 0.237 bits per heavy atom. The second-order valence-corrected chi connectivity index (χ2v) is 23.1.